The van der Waals surface area contributed by atoms with Gasteiger partial charge in [0.25, 0.3) is 0 Å². The number of rotatable bonds is 1. The summed E-state index contributed by atoms with van der Waals surface area (Å²) in [6.07, 6.45) is 5.67. The zero-order valence-electron chi connectivity index (χ0n) is 7.92. The third-order valence-electron chi connectivity index (χ3n) is 3.02. The number of hydrogen-bond acceptors (Lipinski definition) is 2. The molecule has 2 nitrogen and oxygen atoms in total. The van der Waals surface area contributed by atoms with Crippen LogP contribution in [0.2, 0.25) is 0 Å². The molecule has 2 N–H and O–H groups in total. The van der Waals surface area contributed by atoms with Gasteiger partial charge >= 0.3 is 0 Å². The summed E-state index contributed by atoms with van der Waals surface area (Å²) in [4.78, 5) is 0. The Bertz CT molecular complexity index is 121. The van der Waals surface area contributed by atoms with Crippen molar-refractivity contribution in [2.75, 3.05) is 19.6 Å². The normalized spacial score (nSPS) is 29.1. The van der Waals surface area contributed by atoms with E-state index in [1.807, 2.05) is 0 Å². The first-order chi connectivity index (χ1) is 5.47. The van der Waals surface area contributed by atoms with Crippen LogP contribution in [0.3, 0.4) is 0 Å². The minimum absolute atomic E-state index is 0. The Morgan fingerprint density at radius 3 is 2.31 bits per heavy atom. The fourth-order valence-corrected chi connectivity index (χ4v) is 2.01. The molecule has 2 fully saturated rings. The molecule has 4 heteroatoms. The Morgan fingerprint density at radius 1 is 0.923 bits per heavy atom. The number of hydrogen-bond donors (Lipinski definition) is 2. The average Bonchev–Trinajstić information content (AvgIpc) is 2.12. The molecular weight excluding hydrogens is 207 g/mol. The topological polar surface area (TPSA) is 24.1 Å². The highest BCUT2D eigenvalue weighted by atomic mass is 35.5. The van der Waals surface area contributed by atoms with Crippen molar-refractivity contribution in [3.8, 4) is 0 Å². The highest BCUT2D eigenvalue weighted by Crippen LogP contribution is 2.29. The summed E-state index contributed by atoms with van der Waals surface area (Å²) in [5, 5.41) is 7.10. The van der Waals surface area contributed by atoms with Crippen molar-refractivity contribution < 1.29 is 0 Å². The van der Waals surface area contributed by atoms with Crippen LogP contribution in [0.25, 0.3) is 0 Å². The van der Waals surface area contributed by atoms with E-state index in [0.717, 1.165) is 12.0 Å². The molecule has 2 rings (SSSR count). The van der Waals surface area contributed by atoms with Crippen LogP contribution in [0.5, 0.6) is 0 Å². The highest BCUT2D eigenvalue weighted by molar-refractivity contribution is 5.85. The second kappa shape index (κ2) is 6.88. The molecule has 1 aliphatic heterocycles. The summed E-state index contributed by atoms with van der Waals surface area (Å²) >= 11 is 0. The van der Waals surface area contributed by atoms with Crippen LogP contribution in [0.4, 0.5) is 0 Å². The zero-order chi connectivity index (χ0) is 7.52. The zero-order valence-corrected chi connectivity index (χ0v) is 9.55. The predicted octanol–water partition coefficient (Wildman–Crippen LogP) is 1.58. The minimum atomic E-state index is 0. The Kier molecular flexibility index (Phi) is 7.15. The van der Waals surface area contributed by atoms with Crippen LogP contribution < -0.4 is 10.6 Å². The third kappa shape index (κ3) is 3.62. The molecule has 1 heterocycles. The van der Waals surface area contributed by atoms with Gasteiger partial charge in [-0.25, -0.2) is 0 Å². The lowest BCUT2D eigenvalue weighted by Crippen LogP contribution is -2.44. The lowest BCUT2D eigenvalue weighted by Gasteiger charge is -2.33. The molecule has 0 spiro atoms. The average molecular weight is 227 g/mol. The quantitative estimate of drug-likeness (QED) is 0.710. The van der Waals surface area contributed by atoms with Gasteiger partial charge in [-0.1, -0.05) is 6.42 Å². The largest absolute Gasteiger partial charge is 0.315 e. The van der Waals surface area contributed by atoms with Crippen molar-refractivity contribution in [1.29, 1.82) is 0 Å². The fraction of sp³-hybridized carbons (Fsp3) is 1.00. The molecule has 1 unspecified atom stereocenters. The first kappa shape index (κ1) is 13.5. The van der Waals surface area contributed by atoms with Gasteiger partial charge in [0, 0.05) is 12.6 Å². The van der Waals surface area contributed by atoms with E-state index in [1.54, 1.807) is 0 Å². The van der Waals surface area contributed by atoms with Crippen molar-refractivity contribution in [3.63, 3.8) is 0 Å². The summed E-state index contributed by atoms with van der Waals surface area (Å²) in [5.74, 6) is 0.987. The van der Waals surface area contributed by atoms with E-state index in [4.69, 9.17) is 0 Å². The van der Waals surface area contributed by atoms with Crippen LogP contribution >= 0.6 is 24.8 Å². The van der Waals surface area contributed by atoms with E-state index >= 15 is 0 Å². The van der Waals surface area contributed by atoms with E-state index in [9.17, 15) is 0 Å². The molecule has 1 saturated heterocycles. The van der Waals surface area contributed by atoms with Gasteiger partial charge in [0.15, 0.2) is 0 Å². The maximum atomic E-state index is 3.62. The molecule has 13 heavy (non-hydrogen) atoms. The van der Waals surface area contributed by atoms with E-state index in [-0.39, 0.29) is 24.8 Å². The van der Waals surface area contributed by atoms with Crippen molar-refractivity contribution in [2.45, 2.75) is 31.7 Å². The first-order valence-electron chi connectivity index (χ1n) is 4.91. The summed E-state index contributed by atoms with van der Waals surface area (Å²) in [6.45, 7) is 3.62. The van der Waals surface area contributed by atoms with E-state index in [0.29, 0.717) is 0 Å². The van der Waals surface area contributed by atoms with Crippen LogP contribution in [0.1, 0.15) is 25.7 Å². The molecule has 2 aliphatic rings. The Hall–Kier alpha value is 0.500. The second-order valence-corrected chi connectivity index (χ2v) is 3.81. The predicted molar refractivity (Wildman–Crippen MR) is 61.1 cm³/mol. The van der Waals surface area contributed by atoms with Gasteiger partial charge in [-0.05, 0) is 38.3 Å². The van der Waals surface area contributed by atoms with E-state index in [2.05, 4.69) is 10.6 Å². The van der Waals surface area contributed by atoms with E-state index < -0.39 is 0 Å². The van der Waals surface area contributed by atoms with Gasteiger partial charge in [0.2, 0.25) is 0 Å². The smallest absolute Gasteiger partial charge is 0.0220 e. The maximum absolute atomic E-state index is 3.62. The van der Waals surface area contributed by atoms with Crippen LogP contribution in [0.15, 0.2) is 0 Å². The van der Waals surface area contributed by atoms with Crippen LogP contribution in [0, 0.1) is 5.92 Å². The molecular formula is C9H20Cl2N2. The summed E-state index contributed by atoms with van der Waals surface area (Å²) in [7, 11) is 0. The number of nitrogens with one attached hydrogen (secondary N) is 2. The molecule has 80 valence electrons. The number of halogens is 2. The highest BCUT2D eigenvalue weighted by Gasteiger charge is 2.26. The summed E-state index contributed by atoms with van der Waals surface area (Å²) in [6, 6.07) is 0.784. The van der Waals surface area contributed by atoms with E-state index in [1.165, 1.54) is 45.3 Å². The Morgan fingerprint density at radius 2 is 1.69 bits per heavy atom. The lowest BCUT2D eigenvalue weighted by molar-refractivity contribution is 0.232. The third-order valence-corrected chi connectivity index (χ3v) is 3.02. The van der Waals surface area contributed by atoms with Crippen LogP contribution in [-0.2, 0) is 0 Å². The molecule has 1 aliphatic carbocycles. The van der Waals surface area contributed by atoms with Crippen molar-refractivity contribution in [2.24, 2.45) is 5.92 Å². The summed E-state index contributed by atoms with van der Waals surface area (Å²) < 4.78 is 0. The molecule has 0 aromatic heterocycles. The van der Waals surface area contributed by atoms with Gasteiger partial charge in [-0.15, -0.1) is 24.8 Å². The minimum Gasteiger partial charge on any atom is -0.315 e. The van der Waals surface area contributed by atoms with Crippen molar-refractivity contribution >= 4 is 24.8 Å². The van der Waals surface area contributed by atoms with Gasteiger partial charge in [-0.3, -0.25) is 0 Å². The standard InChI is InChI=1S/C9H18N2.2ClH/c1-3-8(4-1)9-7-10-5-2-6-11-9;;/h8-11H,1-7H2;2*1H. The molecule has 0 amide bonds. The van der Waals surface area contributed by atoms with Gasteiger partial charge < -0.3 is 10.6 Å². The fourth-order valence-electron chi connectivity index (χ4n) is 2.01. The van der Waals surface area contributed by atoms with Crippen molar-refractivity contribution in [1.82, 2.24) is 10.6 Å². The lowest BCUT2D eigenvalue weighted by atomic mass is 9.80. The Balaban J connectivity index is 0.000000720. The van der Waals surface area contributed by atoms with Gasteiger partial charge in [-0.2, -0.15) is 0 Å². The molecule has 0 radical (unpaired) electrons. The van der Waals surface area contributed by atoms with Crippen LogP contribution in [-0.4, -0.2) is 25.7 Å². The molecule has 0 aromatic carbocycles. The molecule has 0 aromatic rings. The molecule has 1 atom stereocenters. The van der Waals surface area contributed by atoms with Gasteiger partial charge in [0.05, 0.1) is 0 Å². The molecule has 0 bridgehead atoms. The molecule has 1 saturated carbocycles. The van der Waals surface area contributed by atoms with Gasteiger partial charge in [0.1, 0.15) is 0 Å². The van der Waals surface area contributed by atoms with Crippen molar-refractivity contribution in [3.05, 3.63) is 0 Å². The SMILES string of the molecule is C1CNCC(C2CCC2)NC1.Cl.Cl. The second-order valence-electron chi connectivity index (χ2n) is 3.81. The first-order valence-corrected chi connectivity index (χ1v) is 4.91. The Labute approximate surface area is 93.1 Å². The maximum Gasteiger partial charge on any atom is 0.0220 e. The summed E-state index contributed by atoms with van der Waals surface area (Å²) in [5.41, 5.74) is 0. The monoisotopic (exact) mass is 226 g/mol.